The average Bonchev–Trinajstić information content (AvgIpc) is 2.43. The monoisotopic (exact) mass is 279 g/mol. The Hall–Kier alpha value is -1.23. The number of likely N-dealkylation sites (N-methyl/N-ethyl adjacent to an activating group) is 1. The van der Waals surface area contributed by atoms with E-state index in [0.717, 1.165) is 24.1 Å². The Labute approximate surface area is 118 Å². The van der Waals surface area contributed by atoms with Gasteiger partial charge in [0.05, 0.1) is 22.9 Å². The number of fused-ring (bicyclic) bond motifs is 1. The van der Waals surface area contributed by atoms with Crippen molar-refractivity contribution in [3.05, 3.63) is 35.1 Å². The Morgan fingerprint density at radius 3 is 2.68 bits per heavy atom. The van der Waals surface area contributed by atoms with Gasteiger partial charge in [0.2, 0.25) is 0 Å². The highest BCUT2D eigenvalue weighted by Crippen LogP contribution is 2.18. The van der Waals surface area contributed by atoms with Crippen LogP contribution in [0.25, 0.3) is 11.0 Å². The largest absolute Gasteiger partial charge is 0.385 e. The van der Waals surface area contributed by atoms with E-state index in [1.54, 1.807) is 18.3 Å². The third-order valence-corrected chi connectivity index (χ3v) is 3.42. The van der Waals surface area contributed by atoms with Gasteiger partial charge in [-0.25, -0.2) is 4.98 Å². The van der Waals surface area contributed by atoms with Crippen LogP contribution in [0.1, 0.15) is 25.6 Å². The fourth-order valence-electron chi connectivity index (χ4n) is 1.98. The molecular weight excluding hydrogens is 262 g/mol. The normalized spacial score (nSPS) is 13.1. The van der Waals surface area contributed by atoms with Gasteiger partial charge in [0.1, 0.15) is 6.10 Å². The minimum atomic E-state index is -0.618. The third-order valence-electron chi connectivity index (χ3n) is 3.19. The van der Waals surface area contributed by atoms with E-state index in [1.807, 2.05) is 6.07 Å². The van der Waals surface area contributed by atoms with E-state index in [-0.39, 0.29) is 0 Å². The molecule has 0 fully saturated rings. The van der Waals surface area contributed by atoms with Gasteiger partial charge in [0.25, 0.3) is 0 Å². The molecule has 1 aromatic heterocycles. The summed E-state index contributed by atoms with van der Waals surface area (Å²) in [4.78, 5) is 10.9. The molecule has 0 spiro atoms. The number of nitrogens with zero attached hydrogens (tertiary/aromatic N) is 3. The maximum absolute atomic E-state index is 10.2. The lowest BCUT2D eigenvalue weighted by molar-refractivity contribution is 0.115. The predicted octanol–water partition coefficient (Wildman–Crippen LogP) is 2.66. The van der Waals surface area contributed by atoms with Crippen molar-refractivity contribution in [3.63, 3.8) is 0 Å². The molecule has 2 aromatic rings. The number of benzene rings is 1. The van der Waals surface area contributed by atoms with Crippen LogP contribution in [0.15, 0.2) is 24.4 Å². The summed E-state index contributed by atoms with van der Waals surface area (Å²) in [6.45, 7) is 6.53. The van der Waals surface area contributed by atoms with Gasteiger partial charge >= 0.3 is 0 Å². The number of aliphatic hydroxyl groups is 1. The zero-order chi connectivity index (χ0) is 13.8. The van der Waals surface area contributed by atoms with Gasteiger partial charge in [-0.3, -0.25) is 4.98 Å². The molecule has 102 valence electrons. The Morgan fingerprint density at radius 2 is 2.00 bits per heavy atom. The number of aromatic nitrogens is 2. The standard InChI is InChI=1S/C14H18ClN3O/c1-3-18(4-2)9-14(19)13-8-16-12-7-10(15)5-6-11(12)17-13/h5-8,14,19H,3-4,9H2,1-2H3/t14-/m1/s1. The molecule has 0 amide bonds. The molecule has 4 nitrogen and oxygen atoms in total. The lowest BCUT2D eigenvalue weighted by atomic mass is 10.2. The highest BCUT2D eigenvalue weighted by Gasteiger charge is 2.13. The SMILES string of the molecule is CCN(CC)C[C@@H](O)c1cnc2cc(Cl)ccc2n1. The van der Waals surface area contributed by atoms with E-state index >= 15 is 0 Å². The zero-order valence-corrected chi connectivity index (χ0v) is 11.9. The molecule has 5 heteroatoms. The van der Waals surface area contributed by atoms with Gasteiger partial charge in [-0.15, -0.1) is 0 Å². The Balaban J connectivity index is 2.23. The summed E-state index contributed by atoms with van der Waals surface area (Å²) in [5, 5.41) is 10.8. The van der Waals surface area contributed by atoms with Crippen molar-refractivity contribution in [2.75, 3.05) is 19.6 Å². The van der Waals surface area contributed by atoms with Crippen LogP contribution < -0.4 is 0 Å². The average molecular weight is 280 g/mol. The fourth-order valence-corrected chi connectivity index (χ4v) is 2.14. The molecule has 0 aliphatic carbocycles. The Bertz CT molecular complexity index is 557. The minimum Gasteiger partial charge on any atom is -0.385 e. The van der Waals surface area contributed by atoms with Crippen LogP contribution in [0.4, 0.5) is 0 Å². The molecule has 1 aromatic carbocycles. The zero-order valence-electron chi connectivity index (χ0n) is 11.2. The van der Waals surface area contributed by atoms with Gasteiger partial charge in [0.15, 0.2) is 0 Å². The third kappa shape index (κ3) is 3.41. The van der Waals surface area contributed by atoms with Crippen LogP contribution in [0.2, 0.25) is 5.02 Å². The highest BCUT2D eigenvalue weighted by atomic mass is 35.5. The van der Waals surface area contributed by atoms with E-state index in [9.17, 15) is 5.11 Å². The lowest BCUT2D eigenvalue weighted by Crippen LogP contribution is -2.28. The van der Waals surface area contributed by atoms with Crippen molar-refractivity contribution >= 4 is 22.6 Å². The van der Waals surface area contributed by atoms with Gasteiger partial charge in [-0.05, 0) is 31.3 Å². The Kier molecular flexibility index (Phi) is 4.69. The predicted molar refractivity (Wildman–Crippen MR) is 77.3 cm³/mol. The maximum atomic E-state index is 10.2. The molecule has 0 unspecified atom stereocenters. The minimum absolute atomic E-state index is 0.570. The van der Waals surface area contributed by atoms with E-state index in [1.165, 1.54) is 0 Å². The molecular formula is C14H18ClN3O. The van der Waals surface area contributed by atoms with Crippen LogP contribution in [0.5, 0.6) is 0 Å². The summed E-state index contributed by atoms with van der Waals surface area (Å²) >= 11 is 5.90. The number of rotatable bonds is 5. The van der Waals surface area contributed by atoms with Gasteiger partial charge in [0, 0.05) is 11.6 Å². The van der Waals surface area contributed by atoms with E-state index in [2.05, 4.69) is 28.7 Å². The molecule has 0 bridgehead atoms. The number of hydrogen-bond acceptors (Lipinski definition) is 4. The second-order valence-electron chi connectivity index (χ2n) is 4.43. The molecule has 0 saturated carbocycles. The maximum Gasteiger partial charge on any atom is 0.110 e. The van der Waals surface area contributed by atoms with Crippen molar-refractivity contribution in [1.29, 1.82) is 0 Å². The van der Waals surface area contributed by atoms with Crippen molar-refractivity contribution < 1.29 is 5.11 Å². The summed E-state index contributed by atoms with van der Waals surface area (Å²) in [6.07, 6.45) is 1.000. The summed E-state index contributed by atoms with van der Waals surface area (Å²) in [7, 11) is 0. The second-order valence-corrected chi connectivity index (χ2v) is 4.87. The summed E-state index contributed by atoms with van der Waals surface area (Å²) in [6, 6.07) is 5.36. The van der Waals surface area contributed by atoms with Crippen LogP contribution in [-0.2, 0) is 0 Å². The summed E-state index contributed by atoms with van der Waals surface area (Å²) < 4.78 is 0. The van der Waals surface area contributed by atoms with Crippen LogP contribution in [-0.4, -0.2) is 39.6 Å². The van der Waals surface area contributed by atoms with Crippen LogP contribution >= 0.6 is 11.6 Å². The van der Waals surface area contributed by atoms with Gasteiger partial charge in [-0.1, -0.05) is 25.4 Å². The van der Waals surface area contributed by atoms with Crippen LogP contribution in [0, 0.1) is 0 Å². The lowest BCUT2D eigenvalue weighted by Gasteiger charge is -2.21. The first kappa shape index (κ1) is 14.2. The number of aliphatic hydroxyl groups excluding tert-OH is 1. The smallest absolute Gasteiger partial charge is 0.110 e. The summed E-state index contributed by atoms with van der Waals surface area (Å²) in [5.74, 6) is 0. The molecule has 0 radical (unpaired) electrons. The topological polar surface area (TPSA) is 49.2 Å². The first-order valence-electron chi connectivity index (χ1n) is 6.46. The van der Waals surface area contributed by atoms with Crippen molar-refractivity contribution in [2.45, 2.75) is 20.0 Å². The fraction of sp³-hybridized carbons (Fsp3) is 0.429. The van der Waals surface area contributed by atoms with E-state index in [0.29, 0.717) is 17.3 Å². The number of halogens is 1. The van der Waals surface area contributed by atoms with Crippen molar-refractivity contribution in [2.24, 2.45) is 0 Å². The van der Waals surface area contributed by atoms with Gasteiger partial charge < -0.3 is 10.0 Å². The molecule has 19 heavy (non-hydrogen) atoms. The molecule has 1 heterocycles. The molecule has 0 aliphatic rings. The van der Waals surface area contributed by atoms with E-state index in [4.69, 9.17) is 11.6 Å². The summed E-state index contributed by atoms with van der Waals surface area (Å²) in [5.41, 5.74) is 2.09. The quantitative estimate of drug-likeness (QED) is 0.914. The first-order valence-corrected chi connectivity index (χ1v) is 6.84. The second kappa shape index (κ2) is 6.28. The highest BCUT2D eigenvalue weighted by molar-refractivity contribution is 6.31. The molecule has 1 N–H and O–H groups in total. The molecule has 1 atom stereocenters. The van der Waals surface area contributed by atoms with E-state index < -0.39 is 6.10 Å². The first-order chi connectivity index (χ1) is 9.13. The number of hydrogen-bond donors (Lipinski definition) is 1. The molecule has 2 rings (SSSR count). The Morgan fingerprint density at radius 1 is 1.26 bits per heavy atom. The van der Waals surface area contributed by atoms with Crippen LogP contribution in [0.3, 0.4) is 0 Å². The van der Waals surface area contributed by atoms with Crippen molar-refractivity contribution in [3.8, 4) is 0 Å². The van der Waals surface area contributed by atoms with Crippen molar-refractivity contribution in [1.82, 2.24) is 14.9 Å². The molecule has 0 saturated heterocycles. The molecule has 0 aliphatic heterocycles. The van der Waals surface area contributed by atoms with Gasteiger partial charge in [-0.2, -0.15) is 0 Å².